The average Bonchev–Trinajstić information content (AvgIpc) is 1.44. The summed E-state index contributed by atoms with van der Waals surface area (Å²) in [5, 5.41) is 94.9. The van der Waals surface area contributed by atoms with Crippen LogP contribution in [0.4, 0.5) is 4.79 Å². The molecule has 0 aromatic heterocycles. The predicted molar refractivity (Wildman–Crippen MR) is 504 cm³/mol. The Bertz CT molecular complexity index is 3240. The maximum Gasteiger partial charge on any atom is 0.407 e. The van der Waals surface area contributed by atoms with Gasteiger partial charge in [0.15, 0.2) is 24.1 Å². The number of imide groups is 1. The number of aromatic hydroxyl groups is 2. The number of hydrogen-bond acceptors (Lipinski definition) is 42. The summed E-state index contributed by atoms with van der Waals surface area (Å²) in [6.45, 7) is 77.4. The molecule has 44 nitrogen and oxygen atoms in total. The van der Waals surface area contributed by atoms with Crippen LogP contribution in [0.5, 0.6) is 17.2 Å². The third-order valence-corrected chi connectivity index (χ3v) is 16.1. The Labute approximate surface area is 803 Å². The van der Waals surface area contributed by atoms with Crippen molar-refractivity contribution in [3.8, 4) is 17.2 Å². The van der Waals surface area contributed by atoms with Crippen LogP contribution < -0.4 is 10.1 Å². The van der Waals surface area contributed by atoms with E-state index in [0.717, 1.165) is 55.7 Å². The van der Waals surface area contributed by atoms with Crippen LogP contribution >= 0.6 is 0 Å². The molecule has 3 amide bonds. The highest BCUT2D eigenvalue weighted by atomic mass is 17.9. The van der Waals surface area contributed by atoms with Gasteiger partial charge in [-0.25, -0.2) is 9.68 Å². The van der Waals surface area contributed by atoms with Gasteiger partial charge in [-0.3, -0.25) is 33.7 Å². The molecule has 137 heavy (non-hydrogen) atoms. The van der Waals surface area contributed by atoms with Crippen molar-refractivity contribution in [2.75, 3.05) is 80.7 Å². The highest BCUT2D eigenvalue weighted by Gasteiger charge is 2.51. The highest BCUT2D eigenvalue weighted by Crippen LogP contribution is 2.53. The lowest BCUT2D eigenvalue weighted by molar-refractivity contribution is -0.853. The molecule has 4 aliphatic rings. The third-order valence-electron chi connectivity index (χ3n) is 16.1. The van der Waals surface area contributed by atoms with Crippen molar-refractivity contribution in [3.05, 3.63) is 208 Å². The molecule has 44 heteroatoms. The third kappa shape index (κ3) is 70.4. The van der Waals surface area contributed by atoms with E-state index in [2.05, 4.69) is 192 Å². The van der Waals surface area contributed by atoms with Crippen LogP contribution in [-0.2, 0) is 167 Å². The molecular weight excluding hydrogens is 1820 g/mol. The number of rotatable bonds is 50. The molecular formula is C93H146N2O42. The van der Waals surface area contributed by atoms with Gasteiger partial charge in [0.2, 0.25) is 5.78 Å². The van der Waals surface area contributed by atoms with Crippen LogP contribution in [0.2, 0.25) is 0 Å². The van der Waals surface area contributed by atoms with Crippen LogP contribution in [-0.4, -0.2) is 256 Å². The number of amides is 3. The molecule has 0 radical (unpaired) electrons. The first-order valence-corrected chi connectivity index (χ1v) is 39.6. The van der Waals surface area contributed by atoms with Crippen molar-refractivity contribution < 1.29 is 205 Å². The number of aldehydes is 2. The van der Waals surface area contributed by atoms with E-state index in [1.54, 1.807) is 0 Å². The van der Waals surface area contributed by atoms with E-state index in [1.165, 1.54) is 104 Å². The van der Waals surface area contributed by atoms with Crippen LogP contribution in [0.1, 0.15) is 172 Å². The molecule has 6 N–H and O–H groups in total. The lowest BCUT2D eigenvalue weighted by atomic mass is 9.72. The van der Waals surface area contributed by atoms with E-state index in [0.29, 0.717) is 19.3 Å². The zero-order chi connectivity index (χ0) is 110. The van der Waals surface area contributed by atoms with Gasteiger partial charge in [0, 0.05) is 120 Å². The van der Waals surface area contributed by atoms with Crippen molar-refractivity contribution in [1.29, 1.82) is 0 Å². The second kappa shape index (κ2) is 123. The molecule has 2 aromatic rings. The van der Waals surface area contributed by atoms with Gasteiger partial charge < -0.3 is 126 Å². The number of ether oxygens (including phenoxy) is 8. The Morgan fingerprint density at radius 1 is 0.540 bits per heavy atom. The molecule has 1 fully saturated rings. The second-order valence-electron chi connectivity index (χ2n) is 23.3. The summed E-state index contributed by atoms with van der Waals surface area (Å²) < 4.78 is 44.7. The quantitative estimate of drug-likeness (QED) is 0.00447. The number of carbonyl (C=O) groups excluding carboxylic acids is 18. The van der Waals surface area contributed by atoms with Crippen LogP contribution in [0.25, 0.3) is 0 Å². The molecule has 0 saturated carbocycles. The minimum absolute atomic E-state index is 0.00393. The van der Waals surface area contributed by atoms with Crippen LogP contribution in [0.15, 0.2) is 174 Å². The van der Waals surface area contributed by atoms with Crippen molar-refractivity contribution in [2.45, 2.75) is 165 Å². The SMILES string of the molecule is C=C.C=C.C=C.C=C.C=C.C=C.C=C.C=C.C=C.C=C.C=O.C=O.C=O.C=O.C=O.C=O.C=O.C=O.C=O.COCCOCC(CO/C=C\OOOOOOOOOOOCCOC)(COC(=O)N[C@@H]1C[C@@H](O[C@@H]2C[C@@](O)(C(=O)CO)Cc3c(O)c4c(c(O)c32)C(=O)c2c(OC)cccc2C4=O)O[C@H](C)[C@@H]1O)CC(=O)CCCCCN1C(=O)C=CC1=O.O=CCCCCCCCCCCCC=O. The maximum atomic E-state index is 14.2. The minimum Gasteiger partial charge on any atom is -0.507 e. The lowest BCUT2D eigenvalue weighted by Crippen LogP contribution is -2.56. The lowest BCUT2D eigenvalue weighted by Gasteiger charge is -2.42. The molecule has 2 aromatic carbocycles. The number of benzene rings is 2. The van der Waals surface area contributed by atoms with Crippen molar-refractivity contribution >= 4 is 115 Å². The molecule has 2 aliphatic carbocycles. The van der Waals surface area contributed by atoms with Crippen molar-refractivity contribution in [3.63, 3.8) is 0 Å². The number of ketones is 4. The largest absolute Gasteiger partial charge is 0.507 e. The van der Waals surface area contributed by atoms with Gasteiger partial charge in [0.1, 0.15) is 134 Å². The standard InChI is InChI=1S/C51H64N2O31.C13H24O2.10C2H4.9CH2O/c1-29-44(59)33(21-39(74-29)75-35-24-51(65,36(56)25-54)23-32-41(35)48(63)43-42(46(32)61)45(60)31-10-8-11-34(68-4)40(31)47(43)62)52-49(64)71-28-50(26-69-17-15-66-2,22-30(55)9-6-5-7-14-53-37(57)12-13-38(53)58)27-70-18-20-73-77-79-81-83-84-82-80-78-76-72-19-16-67-3;14-12-10-8-6-4-2-1-3-5-7-9-11-13-15;19*1-2/h8,10-13,18,20,29,33,35,39,44,54,59,61,63,65H,5-7,9,14-17,19,21-28H2,1-4H3,(H,52,64);12-13H,1-11H2;10*1-2H2;9*1H2/b20-18-;;;;;;;;;;;;;;;;;;;;/t29-,33-,35-,39-,44+,50?,51-;;;;;;;;;;;;;;;;;;;;/m1..................../s1. The fourth-order valence-corrected chi connectivity index (χ4v) is 11.2. The Kier molecular flexibility index (Phi) is 142. The highest BCUT2D eigenvalue weighted by molar-refractivity contribution is 6.31. The minimum atomic E-state index is -2.47. The number of alkyl carbamates (subject to hydrolysis) is 1. The van der Waals surface area contributed by atoms with Gasteiger partial charge in [0.25, 0.3) is 11.8 Å². The molecule has 7 atom stereocenters. The van der Waals surface area contributed by atoms with E-state index in [-0.39, 0.29) is 92.6 Å². The molecule has 780 valence electrons. The van der Waals surface area contributed by atoms with E-state index < -0.39 is 132 Å². The van der Waals surface area contributed by atoms with Crippen LogP contribution in [0, 0.1) is 5.41 Å². The number of carbonyl (C=O) groups is 18. The molecule has 1 saturated heterocycles. The molecule has 2 aliphatic heterocycles. The molecule has 1 unspecified atom stereocenters. The first kappa shape index (κ1) is 158. The van der Waals surface area contributed by atoms with E-state index in [9.17, 15) is 68.7 Å². The van der Waals surface area contributed by atoms with Gasteiger partial charge in [-0.15, -0.1) is 132 Å². The molecule has 0 spiro atoms. The second-order valence-corrected chi connectivity index (χ2v) is 23.3. The van der Waals surface area contributed by atoms with E-state index in [1.807, 2.05) is 61.1 Å². The number of fused-ring (bicyclic) bond motifs is 3. The summed E-state index contributed by atoms with van der Waals surface area (Å²) in [6, 6.07) is 2.93. The summed E-state index contributed by atoms with van der Waals surface area (Å²) in [4.78, 5) is 195. The summed E-state index contributed by atoms with van der Waals surface area (Å²) in [7, 11) is 4.11. The maximum absolute atomic E-state index is 14.2. The molecule has 0 bridgehead atoms. The van der Waals surface area contributed by atoms with Gasteiger partial charge in [-0.2, -0.15) is 0 Å². The predicted octanol–water partition coefficient (Wildman–Crippen LogP) is 11.4. The van der Waals surface area contributed by atoms with E-state index in [4.69, 9.17) is 81.0 Å². The topological polar surface area (TPSA) is 599 Å². The fraction of sp³-hybridized carbons (Fsp3) is 0.419. The number of nitrogens with one attached hydrogen (secondary N) is 1. The first-order chi connectivity index (χ1) is 66.8. The smallest absolute Gasteiger partial charge is 0.407 e. The Morgan fingerprint density at radius 3 is 1.43 bits per heavy atom. The summed E-state index contributed by atoms with van der Waals surface area (Å²) in [5.41, 5.74) is -6.16. The van der Waals surface area contributed by atoms with Gasteiger partial charge in [0.05, 0.1) is 80.5 Å². The first-order valence-electron chi connectivity index (χ1n) is 39.6. The number of aliphatic hydroxyl groups excluding tert-OH is 2. The van der Waals surface area contributed by atoms with Crippen molar-refractivity contribution in [2.24, 2.45) is 5.41 Å². The monoisotopic (exact) mass is 1960 g/mol. The Hall–Kier alpha value is -12.9. The molecule has 2 heterocycles. The number of unbranched alkanes of at least 4 members (excludes halogenated alkanes) is 12. The zero-order valence-corrected chi connectivity index (χ0v) is 79.7. The zero-order valence-electron chi connectivity index (χ0n) is 79.7. The van der Waals surface area contributed by atoms with Gasteiger partial charge in [-0.05, 0) is 58.8 Å². The summed E-state index contributed by atoms with van der Waals surface area (Å²) >= 11 is 0. The fourth-order valence-electron chi connectivity index (χ4n) is 11.2. The number of phenolic OH excluding ortho intramolecular Hbond substituents is 2. The number of methoxy groups -OCH3 is 3. The number of aliphatic hydroxyl groups is 3. The number of hydrogen-bond donors (Lipinski definition) is 6. The van der Waals surface area contributed by atoms with Crippen LogP contribution in [0.3, 0.4) is 0 Å². The summed E-state index contributed by atoms with van der Waals surface area (Å²) in [6.07, 6.45) is 10.7. The Balaban J connectivity index is -0.000000182. The molecule has 6 rings (SSSR count). The van der Waals surface area contributed by atoms with Gasteiger partial charge in [-0.1, -0.05) is 63.5 Å². The van der Waals surface area contributed by atoms with Gasteiger partial charge >= 0.3 is 6.09 Å². The summed E-state index contributed by atoms with van der Waals surface area (Å²) in [5.74, 6) is -5.77. The number of nitrogens with zero attached hydrogens (tertiary/aromatic N) is 1. The number of phenols is 2. The Morgan fingerprint density at radius 2 is 0.978 bits per heavy atom. The van der Waals surface area contributed by atoms with E-state index >= 15 is 0 Å². The van der Waals surface area contributed by atoms with Crippen molar-refractivity contribution in [1.82, 2.24) is 10.2 Å². The normalized spacial score (nSPS) is 15.0. The number of Topliss-reactive ketones (excluding diaryl/α,β-unsaturated/α-hetero) is 2. The average molecular weight is 1960 g/mol.